The van der Waals surface area contributed by atoms with Gasteiger partial charge in [0.15, 0.2) is 0 Å². The number of amides is 2. The van der Waals surface area contributed by atoms with Crippen LogP contribution >= 0.6 is 0 Å². The van der Waals surface area contributed by atoms with Crippen LogP contribution < -0.4 is 4.90 Å². The van der Waals surface area contributed by atoms with Crippen molar-refractivity contribution in [1.29, 1.82) is 0 Å². The lowest BCUT2D eigenvalue weighted by Crippen LogP contribution is -2.28. The zero-order valence-electron chi connectivity index (χ0n) is 19.3. The van der Waals surface area contributed by atoms with Gasteiger partial charge >= 0.3 is 0 Å². The minimum Gasteiger partial charge on any atom is -0.343 e. The van der Waals surface area contributed by atoms with Gasteiger partial charge in [0, 0.05) is 50.3 Å². The third kappa shape index (κ3) is 4.18. The second-order valence-corrected chi connectivity index (χ2v) is 9.18. The molecule has 2 aromatic carbocycles. The number of benzene rings is 2. The maximum Gasteiger partial charge on any atom is 0.232 e. The van der Waals surface area contributed by atoms with Crippen LogP contribution in [0.2, 0.25) is 0 Å². The van der Waals surface area contributed by atoms with Crippen molar-refractivity contribution < 1.29 is 14.1 Å². The van der Waals surface area contributed by atoms with Crippen LogP contribution in [0.3, 0.4) is 0 Å². The first-order valence-electron chi connectivity index (χ1n) is 12.1. The highest BCUT2D eigenvalue weighted by Gasteiger charge is 2.35. The van der Waals surface area contributed by atoms with Crippen molar-refractivity contribution in [1.82, 2.24) is 24.6 Å². The van der Waals surface area contributed by atoms with Crippen molar-refractivity contribution >= 4 is 28.5 Å². The number of likely N-dealkylation sites (tertiary alicyclic amines) is 1. The molecule has 2 amide bonds. The molecular weight excluding hydrogens is 444 g/mol. The van der Waals surface area contributed by atoms with Crippen LogP contribution in [0.15, 0.2) is 59.4 Å². The predicted molar refractivity (Wildman–Crippen MR) is 130 cm³/mol. The standard InChI is InChI=1S/C26H26N6O3/c33-23(30-11-4-5-12-30)10-13-31-17-27-21-14-18(8-9-22(21)31)25-28-26(35-29-25)19-15-24(34)32(16-19)20-6-2-1-3-7-20/h1-3,6-9,14,17,19H,4-5,10-13,15-16H2. The quantitative estimate of drug-likeness (QED) is 0.427. The maximum absolute atomic E-state index is 12.6. The molecule has 1 atom stereocenters. The molecule has 2 aromatic heterocycles. The number of hydrogen-bond acceptors (Lipinski definition) is 6. The Balaban J connectivity index is 1.15. The van der Waals surface area contributed by atoms with Gasteiger partial charge in [-0.3, -0.25) is 9.59 Å². The lowest BCUT2D eigenvalue weighted by molar-refractivity contribution is -0.130. The van der Waals surface area contributed by atoms with Gasteiger partial charge in [-0.2, -0.15) is 4.98 Å². The summed E-state index contributed by atoms with van der Waals surface area (Å²) in [5.74, 6) is 1.07. The third-order valence-electron chi connectivity index (χ3n) is 6.89. The molecule has 9 heteroatoms. The molecule has 178 valence electrons. The Morgan fingerprint density at radius 1 is 1.09 bits per heavy atom. The Hall–Kier alpha value is -4.01. The molecule has 2 aliphatic heterocycles. The molecule has 0 bridgehead atoms. The summed E-state index contributed by atoms with van der Waals surface area (Å²) >= 11 is 0. The smallest absolute Gasteiger partial charge is 0.232 e. The molecule has 6 rings (SSSR count). The maximum atomic E-state index is 12.6. The molecule has 0 aliphatic carbocycles. The summed E-state index contributed by atoms with van der Waals surface area (Å²) in [6.07, 6.45) is 4.79. The average molecular weight is 471 g/mol. The fraction of sp³-hybridized carbons (Fsp3) is 0.346. The van der Waals surface area contributed by atoms with Crippen LogP contribution in [0.25, 0.3) is 22.4 Å². The van der Waals surface area contributed by atoms with E-state index >= 15 is 0 Å². The molecule has 0 saturated carbocycles. The topological polar surface area (TPSA) is 97.4 Å². The van der Waals surface area contributed by atoms with E-state index in [1.807, 2.05) is 58.0 Å². The van der Waals surface area contributed by atoms with Gasteiger partial charge in [-0.15, -0.1) is 0 Å². The lowest BCUT2D eigenvalue weighted by Gasteiger charge is -2.15. The molecule has 1 unspecified atom stereocenters. The molecule has 35 heavy (non-hydrogen) atoms. The Morgan fingerprint density at radius 2 is 1.91 bits per heavy atom. The van der Waals surface area contributed by atoms with E-state index in [2.05, 4.69) is 15.1 Å². The van der Waals surface area contributed by atoms with Gasteiger partial charge in [-0.25, -0.2) is 4.98 Å². The molecule has 4 aromatic rings. The van der Waals surface area contributed by atoms with E-state index in [1.54, 1.807) is 11.2 Å². The van der Waals surface area contributed by atoms with E-state index in [-0.39, 0.29) is 17.7 Å². The summed E-state index contributed by atoms with van der Waals surface area (Å²) in [6, 6.07) is 15.5. The largest absolute Gasteiger partial charge is 0.343 e. The number of imidazole rings is 1. The van der Waals surface area contributed by atoms with Gasteiger partial charge in [0.05, 0.1) is 23.3 Å². The zero-order valence-corrected chi connectivity index (χ0v) is 19.3. The number of anilines is 1. The molecule has 0 N–H and O–H groups in total. The Kier molecular flexibility index (Phi) is 5.52. The zero-order chi connectivity index (χ0) is 23.8. The summed E-state index contributed by atoms with van der Waals surface area (Å²) in [5, 5.41) is 4.17. The Bertz CT molecular complexity index is 1370. The third-order valence-corrected chi connectivity index (χ3v) is 6.89. The normalized spacial score (nSPS) is 18.2. The van der Waals surface area contributed by atoms with Gasteiger partial charge < -0.3 is 18.9 Å². The number of aryl methyl sites for hydroxylation is 1. The molecule has 2 fully saturated rings. The van der Waals surface area contributed by atoms with Crippen molar-refractivity contribution in [3.63, 3.8) is 0 Å². The number of rotatable bonds is 6. The summed E-state index contributed by atoms with van der Waals surface area (Å²) in [6.45, 7) is 2.87. The lowest BCUT2D eigenvalue weighted by atomic mass is 10.1. The van der Waals surface area contributed by atoms with E-state index < -0.39 is 0 Å². The van der Waals surface area contributed by atoms with Crippen LogP contribution in [0.5, 0.6) is 0 Å². The Morgan fingerprint density at radius 3 is 2.74 bits per heavy atom. The monoisotopic (exact) mass is 470 g/mol. The van der Waals surface area contributed by atoms with E-state index in [0.29, 0.717) is 37.6 Å². The highest BCUT2D eigenvalue weighted by atomic mass is 16.5. The molecule has 9 nitrogen and oxygen atoms in total. The number of carbonyl (C=O) groups excluding carboxylic acids is 2. The molecule has 2 aliphatic rings. The minimum atomic E-state index is -0.139. The number of carbonyl (C=O) groups is 2. The van der Waals surface area contributed by atoms with Gasteiger partial charge in [-0.05, 0) is 43.2 Å². The first-order chi connectivity index (χ1) is 17.2. The van der Waals surface area contributed by atoms with Crippen LogP contribution in [-0.2, 0) is 16.1 Å². The van der Waals surface area contributed by atoms with Crippen LogP contribution in [-0.4, -0.2) is 56.0 Å². The number of para-hydroxylation sites is 1. The van der Waals surface area contributed by atoms with Gasteiger partial charge in [0.25, 0.3) is 0 Å². The number of fused-ring (bicyclic) bond motifs is 1. The fourth-order valence-electron chi connectivity index (χ4n) is 4.97. The minimum absolute atomic E-state index is 0.0520. The highest BCUT2D eigenvalue weighted by molar-refractivity contribution is 5.96. The van der Waals surface area contributed by atoms with Crippen LogP contribution in [0.4, 0.5) is 5.69 Å². The van der Waals surface area contributed by atoms with E-state index in [4.69, 9.17) is 4.52 Å². The van der Waals surface area contributed by atoms with E-state index in [9.17, 15) is 9.59 Å². The number of aromatic nitrogens is 4. The molecule has 0 spiro atoms. The summed E-state index contributed by atoms with van der Waals surface area (Å²) in [7, 11) is 0. The second-order valence-electron chi connectivity index (χ2n) is 9.18. The van der Waals surface area contributed by atoms with Gasteiger partial charge in [-0.1, -0.05) is 23.4 Å². The predicted octanol–water partition coefficient (Wildman–Crippen LogP) is 3.62. The summed E-state index contributed by atoms with van der Waals surface area (Å²) in [5.41, 5.74) is 3.46. The van der Waals surface area contributed by atoms with Gasteiger partial charge in [0.1, 0.15) is 0 Å². The van der Waals surface area contributed by atoms with Crippen LogP contribution in [0, 0.1) is 0 Å². The first kappa shape index (κ1) is 21.5. The summed E-state index contributed by atoms with van der Waals surface area (Å²) in [4.78, 5) is 37.8. The molecule has 0 radical (unpaired) electrons. The first-order valence-corrected chi connectivity index (χ1v) is 12.1. The molecular formula is C26H26N6O3. The van der Waals surface area contributed by atoms with Gasteiger partial charge in [0.2, 0.25) is 23.5 Å². The molecule has 2 saturated heterocycles. The van der Waals surface area contributed by atoms with Crippen molar-refractivity contribution in [2.75, 3.05) is 24.5 Å². The van der Waals surface area contributed by atoms with Crippen LogP contribution in [0.1, 0.15) is 37.5 Å². The highest BCUT2D eigenvalue weighted by Crippen LogP contribution is 2.32. The van der Waals surface area contributed by atoms with Crippen molar-refractivity contribution in [2.45, 2.75) is 38.1 Å². The second kappa shape index (κ2) is 8.98. The van der Waals surface area contributed by atoms with E-state index in [0.717, 1.165) is 48.2 Å². The average Bonchev–Trinajstić information content (AvgIpc) is 3.69. The van der Waals surface area contributed by atoms with Crippen molar-refractivity contribution in [2.24, 2.45) is 0 Å². The Labute approximate surface area is 202 Å². The number of hydrogen-bond donors (Lipinski definition) is 0. The number of nitrogens with zero attached hydrogens (tertiary/aromatic N) is 6. The fourth-order valence-corrected chi connectivity index (χ4v) is 4.97. The van der Waals surface area contributed by atoms with E-state index in [1.165, 1.54) is 0 Å². The van der Waals surface area contributed by atoms with Crippen molar-refractivity contribution in [3.05, 3.63) is 60.7 Å². The van der Waals surface area contributed by atoms with Crippen molar-refractivity contribution in [3.8, 4) is 11.4 Å². The summed E-state index contributed by atoms with van der Waals surface area (Å²) < 4.78 is 7.57. The SMILES string of the molecule is O=C(CCn1cnc2cc(-c3noc(C4CC(=O)N(c5ccccc5)C4)n3)ccc21)N1CCCC1. The molecule has 4 heterocycles.